The summed E-state index contributed by atoms with van der Waals surface area (Å²) in [4.78, 5) is 29.4. The molecule has 0 radical (unpaired) electrons. The second-order valence-corrected chi connectivity index (χ2v) is 16.7. The van der Waals surface area contributed by atoms with Crippen LogP contribution < -0.4 is 0 Å². The van der Waals surface area contributed by atoms with Crippen molar-refractivity contribution < 1.29 is 24.5 Å². The largest absolute Gasteiger partial charge is 0.467 e. The molecule has 1 saturated heterocycles. The summed E-state index contributed by atoms with van der Waals surface area (Å²) in [5.74, 6) is 1.86. The van der Waals surface area contributed by atoms with Crippen molar-refractivity contribution in [1.82, 2.24) is 4.90 Å². The number of aliphatic hydroxyl groups is 2. The first-order chi connectivity index (χ1) is 19.7. The minimum Gasteiger partial charge on any atom is -0.467 e. The van der Waals surface area contributed by atoms with Crippen molar-refractivity contribution >= 4 is 11.9 Å². The highest BCUT2D eigenvalue weighted by molar-refractivity contribution is 5.89. The molecule has 5 saturated carbocycles. The van der Waals surface area contributed by atoms with Crippen LogP contribution in [0.15, 0.2) is 12.2 Å². The SMILES string of the molecule is C=C(C)[C@@H]1CC[C@]2(C(=O)N3CCC[C@H]3C(=O)OC)CC[C@]3(C)C(CCC4[C@@]5(C)CC[C@H](O)[C@@](C)(CO)C5CC[C@]43C)C12. The third-order valence-electron chi connectivity index (χ3n) is 15.6. The molecule has 1 amide bonds. The number of rotatable bonds is 4. The van der Waals surface area contributed by atoms with Crippen LogP contribution in [0.2, 0.25) is 0 Å². The van der Waals surface area contributed by atoms with Crippen molar-refractivity contribution in [2.45, 2.75) is 124 Å². The predicted molar refractivity (Wildman–Crippen MR) is 163 cm³/mol. The first kappa shape index (κ1) is 30.6. The topological polar surface area (TPSA) is 87.1 Å². The number of esters is 1. The van der Waals surface area contributed by atoms with E-state index in [1.54, 1.807) is 0 Å². The van der Waals surface area contributed by atoms with Gasteiger partial charge in [-0.3, -0.25) is 4.79 Å². The van der Waals surface area contributed by atoms with E-state index >= 15 is 0 Å². The zero-order valence-corrected chi connectivity index (χ0v) is 27.2. The number of ether oxygens (including phenoxy) is 1. The molecule has 1 aliphatic heterocycles. The fraction of sp³-hybridized carbons (Fsp3) is 0.889. The van der Waals surface area contributed by atoms with Gasteiger partial charge in [-0.05, 0) is 130 Å². The Kier molecular flexibility index (Phi) is 7.33. The molecule has 42 heavy (non-hydrogen) atoms. The fourth-order valence-corrected chi connectivity index (χ4v) is 13.2. The van der Waals surface area contributed by atoms with Gasteiger partial charge in [0.25, 0.3) is 0 Å². The molecule has 4 unspecified atom stereocenters. The van der Waals surface area contributed by atoms with E-state index in [0.717, 1.165) is 70.6 Å². The molecule has 0 aromatic carbocycles. The third-order valence-corrected chi connectivity index (χ3v) is 15.6. The highest BCUT2D eigenvalue weighted by atomic mass is 16.5. The van der Waals surface area contributed by atoms with E-state index < -0.39 is 23.0 Å². The Labute approximate surface area is 254 Å². The van der Waals surface area contributed by atoms with Gasteiger partial charge in [-0.1, -0.05) is 39.8 Å². The second-order valence-electron chi connectivity index (χ2n) is 16.7. The first-order valence-corrected chi connectivity index (χ1v) is 17.1. The average Bonchev–Trinajstić information content (AvgIpc) is 3.61. The lowest BCUT2D eigenvalue weighted by atomic mass is 9.32. The summed E-state index contributed by atoms with van der Waals surface area (Å²) < 4.78 is 5.15. The Hall–Kier alpha value is -1.40. The smallest absolute Gasteiger partial charge is 0.328 e. The second kappa shape index (κ2) is 10.1. The molecule has 0 bridgehead atoms. The molecule has 5 aliphatic carbocycles. The minimum atomic E-state index is -0.444. The van der Waals surface area contributed by atoms with Crippen molar-refractivity contribution in [3.05, 3.63) is 12.2 Å². The summed E-state index contributed by atoms with van der Waals surface area (Å²) in [5, 5.41) is 21.6. The van der Waals surface area contributed by atoms with Gasteiger partial charge in [-0.15, -0.1) is 0 Å². The summed E-state index contributed by atoms with van der Waals surface area (Å²) in [6.45, 7) is 17.1. The first-order valence-electron chi connectivity index (χ1n) is 17.1. The normalized spacial score (nSPS) is 51.6. The van der Waals surface area contributed by atoms with Crippen LogP contribution in [0.5, 0.6) is 0 Å². The van der Waals surface area contributed by atoms with Gasteiger partial charge >= 0.3 is 5.97 Å². The monoisotopic (exact) mass is 583 g/mol. The van der Waals surface area contributed by atoms with Crippen LogP contribution in [0.4, 0.5) is 0 Å². The van der Waals surface area contributed by atoms with Crippen LogP contribution >= 0.6 is 0 Å². The van der Waals surface area contributed by atoms with E-state index in [-0.39, 0.29) is 40.6 Å². The number of nitrogens with zero attached hydrogens (tertiary/aromatic N) is 1. The molecule has 2 N–H and O–H groups in total. The van der Waals surface area contributed by atoms with E-state index in [2.05, 4.69) is 41.2 Å². The van der Waals surface area contributed by atoms with Gasteiger partial charge in [0, 0.05) is 12.0 Å². The number of aliphatic hydroxyl groups excluding tert-OH is 2. The standard InChI is InChI=1S/C36H57NO5/c1-22(2)23-12-17-36(31(41)37-20-8-9-25(37)30(40)42-7)19-18-34(5)24(29(23)36)10-11-27-32(3)15-14-28(39)33(4,21-38)26(32)13-16-35(27,34)6/h23-29,38-39H,1,8-21H2,2-7H3/t23-,24?,25-,26?,27?,28-,29?,32-,33-,34+,35+,36-/m0/s1. The molecule has 12 atom stereocenters. The van der Waals surface area contributed by atoms with Crippen molar-refractivity contribution in [3.8, 4) is 0 Å². The lowest BCUT2D eigenvalue weighted by Crippen LogP contribution is -2.68. The van der Waals surface area contributed by atoms with Crippen molar-refractivity contribution in [3.63, 3.8) is 0 Å². The number of hydrogen-bond donors (Lipinski definition) is 2. The zero-order chi connectivity index (χ0) is 30.5. The number of methoxy groups -OCH3 is 1. The van der Waals surface area contributed by atoms with Crippen molar-refractivity contribution in [2.24, 2.45) is 56.7 Å². The molecule has 0 spiro atoms. The Bertz CT molecular complexity index is 1140. The van der Waals surface area contributed by atoms with Crippen molar-refractivity contribution in [1.29, 1.82) is 0 Å². The number of allylic oxidation sites excluding steroid dienone is 1. The Morgan fingerprint density at radius 1 is 0.905 bits per heavy atom. The van der Waals surface area contributed by atoms with Crippen LogP contribution in [0, 0.1) is 56.7 Å². The summed E-state index contributed by atoms with van der Waals surface area (Å²) in [7, 11) is 1.44. The number of amides is 1. The molecular weight excluding hydrogens is 526 g/mol. The Balaban J connectivity index is 1.38. The zero-order valence-electron chi connectivity index (χ0n) is 27.2. The van der Waals surface area contributed by atoms with Gasteiger partial charge < -0.3 is 19.8 Å². The molecular formula is C36H57NO5. The van der Waals surface area contributed by atoms with Crippen molar-refractivity contribution in [2.75, 3.05) is 20.3 Å². The van der Waals surface area contributed by atoms with Crippen LogP contribution in [-0.4, -0.2) is 59.4 Å². The third kappa shape index (κ3) is 3.75. The summed E-state index contributed by atoms with van der Waals surface area (Å²) >= 11 is 0. The van der Waals surface area contributed by atoms with Gasteiger partial charge in [0.15, 0.2) is 0 Å². The maximum absolute atomic E-state index is 14.8. The lowest BCUT2D eigenvalue weighted by molar-refractivity contribution is -0.253. The van der Waals surface area contributed by atoms with E-state index in [4.69, 9.17) is 4.74 Å². The average molecular weight is 584 g/mol. The highest BCUT2D eigenvalue weighted by Crippen LogP contribution is 2.77. The quantitative estimate of drug-likeness (QED) is 0.307. The molecule has 6 fully saturated rings. The van der Waals surface area contributed by atoms with Crippen LogP contribution in [0.3, 0.4) is 0 Å². The number of hydrogen-bond acceptors (Lipinski definition) is 5. The van der Waals surface area contributed by atoms with Crippen LogP contribution in [-0.2, 0) is 14.3 Å². The molecule has 0 aromatic rings. The number of carbonyl (C=O) groups is 2. The molecule has 1 heterocycles. The highest BCUT2D eigenvalue weighted by Gasteiger charge is 2.72. The Morgan fingerprint density at radius 2 is 1.64 bits per heavy atom. The lowest BCUT2D eigenvalue weighted by Gasteiger charge is -2.73. The van der Waals surface area contributed by atoms with Gasteiger partial charge in [0.2, 0.25) is 5.91 Å². The molecule has 6 aliphatic rings. The maximum Gasteiger partial charge on any atom is 0.328 e. The van der Waals surface area contributed by atoms with Gasteiger partial charge in [0.1, 0.15) is 6.04 Å². The number of likely N-dealkylation sites (tertiary alicyclic amines) is 1. The summed E-state index contributed by atoms with van der Waals surface area (Å²) in [6, 6.07) is -0.444. The van der Waals surface area contributed by atoms with Crippen LogP contribution in [0.1, 0.15) is 112 Å². The van der Waals surface area contributed by atoms with E-state index in [9.17, 15) is 19.8 Å². The molecule has 6 nitrogen and oxygen atoms in total. The van der Waals surface area contributed by atoms with Crippen LogP contribution in [0.25, 0.3) is 0 Å². The molecule has 236 valence electrons. The predicted octanol–water partition coefficient (Wildman–Crippen LogP) is 6.14. The number of fused-ring (bicyclic) bond motifs is 7. The molecule has 6 heteroatoms. The van der Waals surface area contributed by atoms with Gasteiger partial charge in [-0.2, -0.15) is 0 Å². The summed E-state index contributed by atoms with van der Waals surface area (Å²) in [6.07, 6.45) is 11.2. The minimum absolute atomic E-state index is 0.0494. The van der Waals surface area contributed by atoms with Gasteiger partial charge in [-0.25, -0.2) is 4.79 Å². The van der Waals surface area contributed by atoms with E-state index in [1.165, 1.54) is 12.7 Å². The fourth-order valence-electron chi connectivity index (χ4n) is 13.2. The van der Waals surface area contributed by atoms with Gasteiger partial charge in [0.05, 0.1) is 25.2 Å². The van der Waals surface area contributed by atoms with E-state index in [0.29, 0.717) is 36.6 Å². The van der Waals surface area contributed by atoms with E-state index in [1.807, 2.05) is 4.90 Å². The maximum atomic E-state index is 14.8. The Morgan fingerprint density at radius 3 is 2.31 bits per heavy atom. The molecule has 6 rings (SSSR count). The number of carbonyl (C=O) groups excluding carboxylic acids is 2. The summed E-state index contributed by atoms with van der Waals surface area (Å²) in [5.41, 5.74) is 0.693. The molecule has 0 aromatic heterocycles.